The molecule has 0 saturated carbocycles. The zero-order valence-electron chi connectivity index (χ0n) is 13.8. The van der Waals surface area contributed by atoms with E-state index < -0.39 is 4.92 Å². The quantitative estimate of drug-likeness (QED) is 0.611. The number of hydrogen-bond donors (Lipinski definition) is 0. The molecule has 0 unspecified atom stereocenters. The molecule has 1 aliphatic heterocycles. The van der Waals surface area contributed by atoms with Gasteiger partial charge in [0.25, 0.3) is 5.69 Å². The first-order valence-electron chi connectivity index (χ1n) is 7.74. The standard InChI is InChI=1S/C16H23N3O4/c1-12(2)16(20)18-8-6-17(7-9-18)11-13-10-14(19(21)22)4-5-15(13)23-3/h4-5,10,12H,6-9,11H2,1-3H3. The Labute approximate surface area is 136 Å². The first kappa shape index (κ1) is 17.2. The number of carbonyl (C=O) groups is 1. The van der Waals surface area contributed by atoms with Gasteiger partial charge in [-0.15, -0.1) is 0 Å². The molecular weight excluding hydrogens is 298 g/mol. The summed E-state index contributed by atoms with van der Waals surface area (Å²) in [6.07, 6.45) is 0. The molecule has 1 amide bonds. The van der Waals surface area contributed by atoms with E-state index in [1.54, 1.807) is 19.2 Å². The summed E-state index contributed by atoms with van der Waals surface area (Å²) in [6.45, 7) is 7.27. The molecule has 0 radical (unpaired) electrons. The maximum Gasteiger partial charge on any atom is 0.270 e. The molecule has 2 rings (SSSR count). The van der Waals surface area contributed by atoms with Gasteiger partial charge in [-0.25, -0.2) is 0 Å². The number of carbonyl (C=O) groups excluding carboxylic acids is 1. The van der Waals surface area contributed by atoms with Gasteiger partial charge in [-0.2, -0.15) is 0 Å². The third-order valence-corrected chi connectivity index (χ3v) is 4.05. The van der Waals surface area contributed by atoms with Gasteiger partial charge in [-0.1, -0.05) is 13.8 Å². The van der Waals surface area contributed by atoms with Crippen LogP contribution in [0.2, 0.25) is 0 Å². The van der Waals surface area contributed by atoms with Gasteiger partial charge in [-0.05, 0) is 6.07 Å². The summed E-state index contributed by atoms with van der Waals surface area (Å²) in [7, 11) is 1.56. The molecule has 0 N–H and O–H groups in total. The molecule has 1 aliphatic rings. The van der Waals surface area contributed by atoms with Crippen LogP contribution in [0.5, 0.6) is 5.75 Å². The van der Waals surface area contributed by atoms with Gasteiger partial charge in [0.05, 0.1) is 12.0 Å². The molecule has 0 aromatic heterocycles. The van der Waals surface area contributed by atoms with E-state index >= 15 is 0 Å². The lowest BCUT2D eigenvalue weighted by atomic mass is 10.1. The van der Waals surface area contributed by atoms with Gasteiger partial charge in [0.15, 0.2) is 0 Å². The predicted molar refractivity (Wildman–Crippen MR) is 86.3 cm³/mol. The number of nitro groups is 1. The fourth-order valence-corrected chi connectivity index (χ4v) is 2.73. The molecule has 7 heteroatoms. The number of hydrogen-bond acceptors (Lipinski definition) is 5. The molecule has 0 spiro atoms. The number of rotatable bonds is 5. The van der Waals surface area contributed by atoms with Crippen LogP contribution in [-0.4, -0.2) is 53.9 Å². The second-order valence-corrected chi connectivity index (χ2v) is 6.01. The molecule has 0 bridgehead atoms. The van der Waals surface area contributed by atoms with Crippen molar-refractivity contribution in [2.45, 2.75) is 20.4 Å². The Balaban J connectivity index is 2.02. The van der Waals surface area contributed by atoms with E-state index in [4.69, 9.17) is 4.74 Å². The van der Waals surface area contributed by atoms with Crippen LogP contribution >= 0.6 is 0 Å². The molecule has 126 valence electrons. The molecule has 0 atom stereocenters. The van der Waals surface area contributed by atoms with Gasteiger partial charge in [0.2, 0.25) is 5.91 Å². The third-order valence-electron chi connectivity index (χ3n) is 4.05. The number of methoxy groups -OCH3 is 1. The van der Waals surface area contributed by atoms with Gasteiger partial charge in [-0.3, -0.25) is 19.8 Å². The van der Waals surface area contributed by atoms with E-state index in [1.165, 1.54) is 6.07 Å². The van der Waals surface area contributed by atoms with E-state index in [2.05, 4.69) is 4.90 Å². The lowest BCUT2D eigenvalue weighted by Crippen LogP contribution is -2.49. The molecule has 7 nitrogen and oxygen atoms in total. The number of piperazine rings is 1. The van der Waals surface area contributed by atoms with Gasteiger partial charge in [0, 0.05) is 56.3 Å². The van der Waals surface area contributed by atoms with Crippen molar-refractivity contribution in [1.82, 2.24) is 9.80 Å². The lowest BCUT2D eigenvalue weighted by Gasteiger charge is -2.35. The highest BCUT2D eigenvalue weighted by molar-refractivity contribution is 5.78. The Morgan fingerprint density at radius 2 is 1.96 bits per heavy atom. The summed E-state index contributed by atoms with van der Waals surface area (Å²) >= 11 is 0. The van der Waals surface area contributed by atoms with Crippen LogP contribution in [-0.2, 0) is 11.3 Å². The summed E-state index contributed by atoms with van der Waals surface area (Å²) in [6, 6.07) is 4.64. The molecule has 1 saturated heterocycles. The molecule has 1 fully saturated rings. The number of non-ortho nitro benzene ring substituents is 1. The van der Waals surface area contributed by atoms with Gasteiger partial charge >= 0.3 is 0 Å². The highest BCUT2D eigenvalue weighted by Crippen LogP contribution is 2.25. The van der Waals surface area contributed by atoms with Crippen LogP contribution in [0.15, 0.2) is 18.2 Å². The minimum atomic E-state index is -0.401. The third kappa shape index (κ3) is 4.19. The van der Waals surface area contributed by atoms with Crippen molar-refractivity contribution in [1.29, 1.82) is 0 Å². The largest absolute Gasteiger partial charge is 0.496 e. The average molecular weight is 321 g/mol. The molecule has 23 heavy (non-hydrogen) atoms. The minimum Gasteiger partial charge on any atom is -0.496 e. The van der Waals surface area contributed by atoms with Crippen LogP contribution in [0.25, 0.3) is 0 Å². The molecular formula is C16H23N3O4. The Kier molecular flexibility index (Phi) is 5.54. The van der Waals surface area contributed by atoms with Crippen molar-refractivity contribution in [3.8, 4) is 5.75 Å². The first-order chi connectivity index (χ1) is 10.9. The van der Waals surface area contributed by atoms with Crippen LogP contribution in [0.4, 0.5) is 5.69 Å². The van der Waals surface area contributed by atoms with Crippen LogP contribution < -0.4 is 4.74 Å². The van der Waals surface area contributed by atoms with E-state index in [1.807, 2.05) is 18.7 Å². The van der Waals surface area contributed by atoms with E-state index in [0.29, 0.717) is 25.4 Å². The van der Waals surface area contributed by atoms with Crippen molar-refractivity contribution >= 4 is 11.6 Å². The van der Waals surface area contributed by atoms with Crippen molar-refractivity contribution < 1.29 is 14.5 Å². The smallest absolute Gasteiger partial charge is 0.270 e. The van der Waals surface area contributed by atoms with Crippen molar-refractivity contribution in [3.63, 3.8) is 0 Å². The summed E-state index contributed by atoms with van der Waals surface area (Å²) in [5, 5.41) is 10.9. The zero-order valence-corrected chi connectivity index (χ0v) is 13.8. The van der Waals surface area contributed by atoms with Crippen LogP contribution in [0.3, 0.4) is 0 Å². The van der Waals surface area contributed by atoms with E-state index in [0.717, 1.165) is 18.7 Å². The lowest BCUT2D eigenvalue weighted by molar-refractivity contribution is -0.385. The fraction of sp³-hybridized carbons (Fsp3) is 0.562. The average Bonchev–Trinajstić information content (AvgIpc) is 2.54. The van der Waals surface area contributed by atoms with Crippen LogP contribution in [0, 0.1) is 16.0 Å². The number of amides is 1. The highest BCUT2D eigenvalue weighted by atomic mass is 16.6. The Hall–Kier alpha value is -2.15. The maximum atomic E-state index is 12.0. The molecule has 0 aliphatic carbocycles. The molecule has 1 heterocycles. The number of nitrogens with zero attached hydrogens (tertiary/aromatic N) is 3. The summed E-state index contributed by atoms with van der Waals surface area (Å²) in [5.41, 5.74) is 0.861. The Morgan fingerprint density at radius 1 is 1.30 bits per heavy atom. The Morgan fingerprint density at radius 3 is 2.48 bits per heavy atom. The second kappa shape index (κ2) is 7.41. The van der Waals surface area contributed by atoms with Crippen molar-refractivity contribution in [3.05, 3.63) is 33.9 Å². The number of ether oxygens (including phenoxy) is 1. The minimum absolute atomic E-state index is 0.0124. The van der Waals surface area contributed by atoms with Crippen LogP contribution in [0.1, 0.15) is 19.4 Å². The monoisotopic (exact) mass is 321 g/mol. The fourth-order valence-electron chi connectivity index (χ4n) is 2.73. The van der Waals surface area contributed by atoms with E-state index in [9.17, 15) is 14.9 Å². The zero-order chi connectivity index (χ0) is 17.0. The highest BCUT2D eigenvalue weighted by Gasteiger charge is 2.23. The molecule has 1 aromatic carbocycles. The van der Waals surface area contributed by atoms with Crippen molar-refractivity contribution in [2.75, 3.05) is 33.3 Å². The molecule has 1 aromatic rings. The predicted octanol–water partition coefficient (Wildman–Crippen LogP) is 1.90. The Bertz CT molecular complexity index is 581. The summed E-state index contributed by atoms with van der Waals surface area (Å²) in [5.74, 6) is 0.840. The normalized spacial score (nSPS) is 15.7. The maximum absolute atomic E-state index is 12.0. The van der Waals surface area contributed by atoms with Crippen molar-refractivity contribution in [2.24, 2.45) is 5.92 Å². The summed E-state index contributed by atoms with van der Waals surface area (Å²) in [4.78, 5) is 26.6. The van der Waals surface area contributed by atoms with E-state index in [-0.39, 0.29) is 17.5 Å². The summed E-state index contributed by atoms with van der Waals surface area (Å²) < 4.78 is 5.30. The number of nitro benzene ring substituents is 1. The van der Waals surface area contributed by atoms with Gasteiger partial charge in [0.1, 0.15) is 5.75 Å². The first-order valence-corrected chi connectivity index (χ1v) is 7.74. The number of benzene rings is 1. The second-order valence-electron chi connectivity index (χ2n) is 6.01. The van der Waals surface area contributed by atoms with Gasteiger partial charge < -0.3 is 9.64 Å². The SMILES string of the molecule is COc1ccc([N+](=O)[O-])cc1CN1CCN(C(=O)C(C)C)CC1. The topological polar surface area (TPSA) is 75.9 Å².